The van der Waals surface area contributed by atoms with Crippen molar-refractivity contribution in [1.82, 2.24) is 4.90 Å². The molecular weight excluding hydrogens is 366 g/mol. The largest absolute Gasteiger partial charge is 0.482 e. The van der Waals surface area contributed by atoms with E-state index in [2.05, 4.69) is 12.1 Å². The lowest BCUT2D eigenvalue weighted by Gasteiger charge is -2.17. The van der Waals surface area contributed by atoms with Crippen LogP contribution in [0.1, 0.15) is 37.5 Å². The second-order valence-electron chi connectivity index (χ2n) is 6.83. The van der Waals surface area contributed by atoms with Crippen LogP contribution in [0.2, 0.25) is 0 Å². The molecular formula is C24H29NO4. The van der Waals surface area contributed by atoms with E-state index >= 15 is 0 Å². The Morgan fingerprint density at radius 1 is 1.03 bits per heavy atom. The van der Waals surface area contributed by atoms with E-state index in [1.54, 1.807) is 11.0 Å². The molecule has 0 atom stereocenters. The molecule has 0 aromatic heterocycles. The van der Waals surface area contributed by atoms with Crippen LogP contribution in [-0.4, -0.2) is 41.6 Å². The van der Waals surface area contributed by atoms with Gasteiger partial charge < -0.3 is 14.7 Å². The number of likely N-dealkylation sites (N-methyl/N-ethyl adjacent to an activating group) is 1. The Morgan fingerprint density at radius 3 is 2.34 bits per heavy atom. The monoisotopic (exact) mass is 395 g/mol. The zero-order valence-electron chi connectivity index (χ0n) is 17.4. The smallest absolute Gasteiger partial charge is 0.341 e. The zero-order chi connectivity index (χ0) is 21.2. The molecule has 0 spiro atoms. The SMILES string of the molecule is CCN(CC)C(=O)/C=C(\C)c1ccc(CCc2ccccc2)c(OCC(=O)O)c1. The van der Waals surface area contributed by atoms with Crippen LogP contribution in [-0.2, 0) is 22.4 Å². The number of aliphatic carboxylic acids is 1. The van der Waals surface area contributed by atoms with Crippen LogP contribution >= 0.6 is 0 Å². The van der Waals surface area contributed by atoms with E-state index in [1.807, 2.05) is 57.2 Å². The number of carbonyl (C=O) groups is 2. The summed E-state index contributed by atoms with van der Waals surface area (Å²) >= 11 is 0. The standard InChI is InChI=1S/C24H29NO4/c1-4-25(5-2)23(26)15-18(3)21-14-13-20(22(16-21)29-17-24(27)28)12-11-19-9-7-6-8-10-19/h6-10,13-16H,4-5,11-12,17H2,1-3H3,(H,27,28)/b18-15+. The zero-order valence-corrected chi connectivity index (χ0v) is 17.4. The number of allylic oxidation sites excluding steroid dienone is 1. The maximum Gasteiger partial charge on any atom is 0.341 e. The van der Waals surface area contributed by atoms with E-state index in [1.165, 1.54) is 5.56 Å². The van der Waals surface area contributed by atoms with E-state index < -0.39 is 12.6 Å². The fourth-order valence-electron chi connectivity index (χ4n) is 3.10. The lowest BCUT2D eigenvalue weighted by Crippen LogP contribution is -2.28. The van der Waals surface area contributed by atoms with Crippen molar-refractivity contribution in [3.63, 3.8) is 0 Å². The highest BCUT2D eigenvalue weighted by Gasteiger charge is 2.11. The number of carboxylic acids is 1. The highest BCUT2D eigenvalue weighted by Crippen LogP contribution is 2.26. The number of hydrogen-bond acceptors (Lipinski definition) is 3. The fraction of sp³-hybridized carbons (Fsp3) is 0.333. The number of hydrogen-bond donors (Lipinski definition) is 1. The third-order valence-electron chi connectivity index (χ3n) is 4.81. The number of carbonyl (C=O) groups excluding carboxylic acids is 1. The Balaban J connectivity index is 2.24. The van der Waals surface area contributed by atoms with Gasteiger partial charge in [0.1, 0.15) is 5.75 Å². The molecule has 2 aromatic rings. The van der Waals surface area contributed by atoms with Gasteiger partial charge in [-0.05, 0) is 61.9 Å². The molecule has 2 aromatic carbocycles. The third-order valence-corrected chi connectivity index (χ3v) is 4.81. The molecule has 0 saturated heterocycles. The molecule has 1 N–H and O–H groups in total. The third kappa shape index (κ3) is 6.79. The topological polar surface area (TPSA) is 66.8 Å². The van der Waals surface area contributed by atoms with E-state index in [9.17, 15) is 9.59 Å². The molecule has 5 heteroatoms. The first-order chi connectivity index (χ1) is 13.9. The van der Waals surface area contributed by atoms with Gasteiger partial charge in [-0.3, -0.25) is 4.79 Å². The number of rotatable bonds is 10. The molecule has 0 aliphatic carbocycles. The summed E-state index contributed by atoms with van der Waals surface area (Å²) in [4.78, 5) is 25.1. The van der Waals surface area contributed by atoms with Gasteiger partial charge >= 0.3 is 5.97 Å². The van der Waals surface area contributed by atoms with E-state index in [-0.39, 0.29) is 5.91 Å². The Bertz CT molecular complexity index is 854. The number of nitrogens with zero attached hydrogens (tertiary/aromatic N) is 1. The van der Waals surface area contributed by atoms with E-state index in [4.69, 9.17) is 9.84 Å². The van der Waals surface area contributed by atoms with Crippen LogP contribution < -0.4 is 4.74 Å². The van der Waals surface area contributed by atoms with Crippen LogP contribution in [0.15, 0.2) is 54.6 Å². The number of carboxylic acid groups (broad SMARTS) is 1. The van der Waals surface area contributed by atoms with Gasteiger partial charge in [0.2, 0.25) is 5.91 Å². The first-order valence-electron chi connectivity index (χ1n) is 9.93. The number of amides is 1. The van der Waals surface area contributed by atoms with Gasteiger partial charge in [-0.25, -0.2) is 4.79 Å². The summed E-state index contributed by atoms with van der Waals surface area (Å²) in [6.45, 7) is 6.69. The van der Waals surface area contributed by atoms with Crippen LogP contribution in [0, 0.1) is 0 Å². The Kier molecular flexibility index (Phi) is 8.46. The number of benzene rings is 2. The molecule has 0 heterocycles. The first-order valence-corrected chi connectivity index (χ1v) is 9.93. The number of ether oxygens (including phenoxy) is 1. The molecule has 0 aliphatic heterocycles. The van der Waals surface area contributed by atoms with Crippen LogP contribution in [0.4, 0.5) is 0 Å². The van der Waals surface area contributed by atoms with Crippen molar-refractivity contribution in [1.29, 1.82) is 0 Å². The Hall–Kier alpha value is -3.08. The normalized spacial score (nSPS) is 11.2. The van der Waals surface area contributed by atoms with Crippen molar-refractivity contribution in [3.8, 4) is 5.75 Å². The molecule has 1 amide bonds. The highest BCUT2D eigenvalue weighted by molar-refractivity contribution is 5.95. The van der Waals surface area contributed by atoms with Gasteiger partial charge in [-0.15, -0.1) is 0 Å². The van der Waals surface area contributed by atoms with Crippen molar-refractivity contribution >= 4 is 17.4 Å². The van der Waals surface area contributed by atoms with Crippen molar-refractivity contribution in [2.24, 2.45) is 0 Å². The quantitative estimate of drug-likeness (QED) is 0.612. The molecule has 154 valence electrons. The summed E-state index contributed by atoms with van der Waals surface area (Å²) in [6.07, 6.45) is 3.19. The van der Waals surface area contributed by atoms with Crippen LogP contribution in [0.5, 0.6) is 5.75 Å². The van der Waals surface area contributed by atoms with Gasteiger partial charge in [0.25, 0.3) is 0 Å². The molecule has 0 saturated carbocycles. The van der Waals surface area contributed by atoms with Crippen LogP contribution in [0.3, 0.4) is 0 Å². The minimum atomic E-state index is -1.02. The minimum Gasteiger partial charge on any atom is -0.482 e. The van der Waals surface area contributed by atoms with Gasteiger partial charge in [-0.1, -0.05) is 42.5 Å². The molecule has 0 aliphatic rings. The second kappa shape index (κ2) is 11.1. The molecule has 0 bridgehead atoms. The van der Waals surface area contributed by atoms with Crippen molar-refractivity contribution < 1.29 is 19.4 Å². The minimum absolute atomic E-state index is 0.0336. The van der Waals surface area contributed by atoms with Crippen molar-refractivity contribution in [2.75, 3.05) is 19.7 Å². The summed E-state index contributed by atoms with van der Waals surface area (Å²) < 4.78 is 5.55. The lowest BCUT2D eigenvalue weighted by molar-refractivity contribution is -0.139. The molecule has 29 heavy (non-hydrogen) atoms. The second-order valence-corrected chi connectivity index (χ2v) is 6.83. The molecule has 5 nitrogen and oxygen atoms in total. The van der Waals surface area contributed by atoms with E-state index in [0.29, 0.717) is 18.8 Å². The molecule has 0 unspecified atom stereocenters. The summed E-state index contributed by atoms with van der Waals surface area (Å²) in [6, 6.07) is 15.8. The van der Waals surface area contributed by atoms with E-state index in [0.717, 1.165) is 29.5 Å². The summed E-state index contributed by atoms with van der Waals surface area (Å²) in [7, 11) is 0. The van der Waals surface area contributed by atoms with Gasteiger partial charge in [0, 0.05) is 19.2 Å². The Labute approximate surface area is 172 Å². The van der Waals surface area contributed by atoms with Crippen molar-refractivity contribution in [3.05, 3.63) is 71.3 Å². The number of aryl methyl sites for hydroxylation is 2. The summed E-state index contributed by atoms with van der Waals surface area (Å²) in [5.74, 6) is -0.508. The predicted octanol–water partition coefficient (Wildman–Crippen LogP) is 4.21. The van der Waals surface area contributed by atoms with Gasteiger partial charge in [0.15, 0.2) is 6.61 Å². The lowest BCUT2D eigenvalue weighted by atomic mass is 9.99. The summed E-state index contributed by atoms with van der Waals surface area (Å²) in [5.41, 5.74) is 3.81. The highest BCUT2D eigenvalue weighted by atomic mass is 16.5. The van der Waals surface area contributed by atoms with Crippen molar-refractivity contribution in [2.45, 2.75) is 33.6 Å². The average Bonchev–Trinajstić information content (AvgIpc) is 2.72. The summed E-state index contributed by atoms with van der Waals surface area (Å²) in [5, 5.41) is 9.00. The molecule has 2 rings (SSSR count). The molecule has 0 radical (unpaired) electrons. The average molecular weight is 395 g/mol. The Morgan fingerprint density at radius 2 is 1.72 bits per heavy atom. The fourth-order valence-corrected chi connectivity index (χ4v) is 3.10. The van der Waals surface area contributed by atoms with Gasteiger partial charge in [-0.2, -0.15) is 0 Å². The first kappa shape index (κ1) is 22.2. The maximum absolute atomic E-state index is 12.4. The molecule has 0 fully saturated rings. The predicted molar refractivity (Wildman–Crippen MR) is 115 cm³/mol. The van der Waals surface area contributed by atoms with Crippen LogP contribution in [0.25, 0.3) is 5.57 Å². The van der Waals surface area contributed by atoms with Gasteiger partial charge in [0.05, 0.1) is 0 Å². The maximum atomic E-state index is 12.4.